The lowest BCUT2D eigenvalue weighted by molar-refractivity contribution is -0.146. The van der Waals surface area contributed by atoms with Crippen molar-refractivity contribution in [2.75, 3.05) is 0 Å². The second-order valence-electron chi connectivity index (χ2n) is 6.52. The average Bonchev–Trinajstić information content (AvgIpc) is 2.97. The lowest BCUT2D eigenvalue weighted by Crippen LogP contribution is -2.27. The number of pyridine rings is 1. The summed E-state index contributed by atoms with van der Waals surface area (Å²) in [6, 6.07) is 9.78. The highest BCUT2D eigenvalue weighted by Gasteiger charge is 2.31. The molecule has 9 nitrogen and oxygen atoms in total. The summed E-state index contributed by atoms with van der Waals surface area (Å²) >= 11 is 5.88. The third kappa shape index (κ3) is 3.79. The quantitative estimate of drug-likeness (QED) is 0.607. The normalized spacial score (nSPS) is 16.8. The second kappa shape index (κ2) is 7.54. The number of carbonyl (C=O) groups excluding carboxylic acids is 1. The molecular formula is C19H15ClN4O5S. The van der Waals surface area contributed by atoms with Crippen LogP contribution in [0.3, 0.4) is 0 Å². The summed E-state index contributed by atoms with van der Waals surface area (Å²) in [5.74, 6) is -0.613. The molecule has 1 aliphatic rings. The van der Waals surface area contributed by atoms with Gasteiger partial charge in [-0.25, -0.2) is 18.2 Å². The van der Waals surface area contributed by atoms with E-state index in [0.717, 1.165) is 0 Å². The molecule has 0 amide bonds. The number of carbonyl (C=O) groups is 1. The van der Waals surface area contributed by atoms with Crippen LogP contribution < -0.4 is 10.3 Å². The third-order valence-electron chi connectivity index (χ3n) is 4.37. The molecule has 30 heavy (non-hydrogen) atoms. The summed E-state index contributed by atoms with van der Waals surface area (Å²) in [5, 5.41) is 0.391. The molecule has 0 unspecified atom stereocenters. The van der Waals surface area contributed by atoms with Crippen LogP contribution in [0.15, 0.2) is 63.3 Å². The Labute approximate surface area is 176 Å². The van der Waals surface area contributed by atoms with Crippen LogP contribution in [0.5, 0.6) is 0 Å². The summed E-state index contributed by atoms with van der Waals surface area (Å²) in [5.41, 5.74) is 0.657. The fraction of sp³-hybridized carbons (Fsp3) is 0.158. The summed E-state index contributed by atoms with van der Waals surface area (Å²) in [4.78, 5) is 33.0. The van der Waals surface area contributed by atoms with Crippen molar-refractivity contribution in [2.24, 2.45) is 4.99 Å². The number of hydrogen-bond acceptors (Lipinski definition) is 7. The van der Waals surface area contributed by atoms with Crippen LogP contribution in [0.25, 0.3) is 5.65 Å². The Morgan fingerprint density at radius 2 is 2.07 bits per heavy atom. The largest absolute Gasteiger partial charge is 0.458 e. The van der Waals surface area contributed by atoms with Gasteiger partial charge in [0.1, 0.15) is 24.1 Å². The molecule has 0 spiro atoms. The van der Waals surface area contributed by atoms with Gasteiger partial charge in [0.2, 0.25) is 0 Å². The number of ether oxygens (including phenoxy) is 1. The molecule has 0 bridgehead atoms. The first kappa shape index (κ1) is 20.0. The minimum atomic E-state index is -3.70. The van der Waals surface area contributed by atoms with Crippen molar-refractivity contribution in [3.8, 4) is 0 Å². The van der Waals surface area contributed by atoms with Gasteiger partial charge < -0.3 is 4.74 Å². The molecule has 0 saturated heterocycles. The van der Waals surface area contributed by atoms with Gasteiger partial charge in [0.05, 0.1) is 15.6 Å². The number of fused-ring (bicyclic) bond motifs is 2. The second-order valence-corrected chi connectivity index (χ2v) is 8.61. The topological polar surface area (TPSA) is 119 Å². The minimum Gasteiger partial charge on any atom is -0.458 e. The van der Waals surface area contributed by atoms with Gasteiger partial charge in [-0.05, 0) is 31.2 Å². The summed E-state index contributed by atoms with van der Waals surface area (Å²) in [6.45, 7) is 1.25. The minimum absolute atomic E-state index is 0.0778. The Bertz CT molecular complexity index is 1370. The zero-order chi connectivity index (χ0) is 21.5. The molecule has 0 saturated carbocycles. The van der Waals surface area contributed by atoms with Crippen molar-refractivity contribution in [3.05, 3.63) is 75.3 Å². The van der Waals surface area contributed by atoms with Gasteiger partial charge in [0.15, 0.2) is 0 Å². The van der Waals surface area contributed by atoms with E-state index in [9.17, 15) is 18.0 Å². The molecule has 1 aliphatic heterocycles. The number of rotatable bonds is 4. The number of amidine groups is 1. The van der Waals surface area contributed by atoms with Crippen molar-refractivity contribution in [1.29, 1.82) is 0 Å². The molecule has 0 radical (unpaired) electrons. The number of hydrogen-bond donors (Lipinski definition) is 1. The van der Waals surface area contributed by atoms with E-state index in [1.807, 2.05) is 0 Å². The number of aromatic nitrogens is 2. The Morgan fingerprint density at radius 3 is 2.87 bits per heavy atom. The lowest BCUT2D eigenvalue weighted by atomic mass is 10.2. The van der Waals surface area contributed by atoms with Crippen LogP contribution in [0.4, 0.5) is 0 Å². The Balaban J connectivity index is 1.50. The molecule has 3 heterocycles. The molecule has 3 aromatic rings. The number of benzene rings is 1. The maximum Gasteiger partial charge on any atom is 0.331 e. The number of halogens is 1. The van der Waals surface area contributed by atoms with E-state index >= 15 is 0 Å². The molecular weight excluding hydrogens is 432 g/mol. The predicted octanol–water partition coefficient (Wildman–Crippen LogP) is 1.52. The summed E-state index contributed by atoms with van der Waals surface area (Å²) in [6.07, 6.45) is 1.45. The van der Waals surface area contributed by atoms with E-state index in [1.165, 1.54) is 29.7 Å². The maximum absolute atomic E-state index is 12.3. The fourth-order valence-corrected chi connectivity index (χ4v) is 4.34. The Morgan fingerprint density at radius 1 is 1.30 bits per heavy atom. The maximum atomic E-state index is 12.3. The molecule has 154 valence electrons. The van der Waals surface area contributed by atoms with Crippen molar-refractivity contribution in [1.82, 2.24) is 14.1 Å². The highest BCUT2D eigenvalue weighted by atomic mass is 35.5. The van der Waals surface area contributed by atoms with Gasteiger partial charge in [-0.2, -0.15) is 0 Å². The van der Waals surface area contributed by atoms with Crippen LogP contribution >= 0.6 is 11.6 Å². The van der Waals surface area contributed by atoms with Gasteiger partial charge in [0.25, 0.3) is 15.6 Å². The SMILES string of the molecule is C[C@@H](N=C1NS(=O)(=O)c2ccccc21)C(=O)OCc1cc(=O)n2cc(Cl)ccc2n1. The average molecular weight is 447 g/mol. The smallest absolute Gasteiger partial charge is 0.331 e. The predicted molar refractivity (Wildman–Crippen MR) is 109 cm³/mol. The monoisotopic (exact) mass is 446 g/mol. The van der Waals surface area contributed by atoms with Crippen molar-refractivity contribution in [3.63, 3.8) is 0 Å². The molecule has 0 aliphatic carbocycles. The van der Waals surface area contributed by atoms with Crippen molar-refractivity contribution >= 4 is 39.1 Å². The highest BCUT2D eigenvalue weighted by molar-refractivity contribution is 7.90. The van der Waals surface area contributed by atoms with Gasteiger partial charge in [-0.3, -0.25) is 18.9 Å². The number of nitrogens with zero attached hydrogens (tertiary/aromatic N) is 3. The molecule has 11 heteroatoms. The molecule has 0 fully saturated rings. The number of sulfonamides is 1. The van der Waals surface area contributed by atoms with E-state index in [0.29, 0.717) is 16.2 Å². The van der Waals surface area contributed by atoms with Gasteiger partial charge >= 0.3 is 5.97 Å². The number of nitrogens with one attached hydrogen (secondary N) is 1. The number of esters is 1. The third-order valence-corrected chi connectivity index (χ3v) is 5.99. The Hall–Kier alpha value is -3.24. The number of aliphatic imine (C=N–C) groups is 1. The lowest BCUT2D eigenvalue weighted by Gasteiger charge is -2.09. The highest BCUT2D eigenvalue weighted by Crippen LogP contribution is 2.22. The van der Waals surface area contributed by atoms with Gasteiger partial charge in [-0.1, -0.05) is 23.7 Å². The van der Waals surface area contributed by atoms with Gasteiger partial charge in [0, 0.05) is 17.8 Å². The molecule has 4 rings (SSSR count). The van der Waals surface area contributed by atoms with E-state index in [-0.39, 0.29) is 28.6 Å². The van der Waals surface area contributed by atoms with E-state index in [1.54, 1.807) is 30.3 Å². The standard InChI is InChI=1S/C19H15ClN4O5S/c1-11(21-18-14-4-2-3-5-15(14)30(27,28)23-18)19(26)29-10-13-8-17(25)24-9-12(20)6-7-16(24)22-13/h2-9,11H,10H2,1H3,(H,21,23)/t11-/m1/s1. The van der Waals surface area contributed by atoms with Crippen LogP contribution in [-0.4, -0.2) is 35.6 Å². The molecule has 1 atom stereocenters. The van der Waals surface area contributed by atoms with Crippen LogP contribution in [0.1, 0.15) is 18.2 Å². The first-order valence-electron chi connectivity index (χ1n) is 8.79. The Kier molecular flexibility index (Phi) is 5.04. The van der Waals surface area contributed by atoms with Crippen LogP contribution in [0.2, 0.25) is 5.02 Å². The van der Waals surface area contributed by atoms with Crippen LogP contribution in [-0.2, 0) is 26.2 Å². The summed E-state index contributed by atoms with van der Waals surface area (Å²) in [7, 11) is -3.70. The molecule has 1 aromatic carbocycles. The first-order valence-corrected chi connectivity index (χ1v) is 10.7. The van der Waals surface area contributed by atoms with E-state index in [2.05, 4.69) is 14.7 Å². The zero-order valence-corrected chi connectivity index (χ0v) is 17.1. The van der Waals surface area contributed by atoms with Gasteiger partial charge in [-0.15, -0.1) is 0 Å². The van der Waals surface area contributed by atoms with E-state index < -0.39 is 22.0 Å². The van der Waals surface area contributed by atoms with Crippen LogP contribution in [0, 0.1) is 0 Å². The summed E-state index contributed by atoms with van der Waals surface area (Å²) < 4.78 is 33.1. The van der Waals surface area contributed by atoms with E-state index in [4.69, 9.17) is 16.3 Å². The first-order chi connectivity index (χ1) is 14.2. The van der Waals surface area contributed by atoms with Crippen molar-refractivity contribution in [2.45, 2.75) is 24.5 Å². The molecule has 2 aromatic heterocycles. The fourth-order valence-electron chi connectivity index (χ4n) is 2.94. The van der Waals surface area contributed by atoms with Crippen molar-refractivity contribution < 1.29 is 17.9 Å². The zero-order valence-electron chi connectivity index (χ0n) is 15.6. The molecule has 1 N–H and O–H groups in total.